The lowest BCUT2D eigenvalue weighted by Gasteiger charge is -2.39. The van der Waals surface area contributed by atoms with Gasteiger partial charge in [-0.1, -0.05) is 0 Å². The molecule has 1 N–H and O–H groups in total. The maximum absolute atomic E-state index is 11.9. The van der Waals surface area contributed by atoms with Crippen molar-refractivity contribution in [2.75, 3.05) is 27.4 Å². The summed E-state index contributed by atoms with van der Waals surface area (Å²) in [6, 6.07) is 0.179. The van der Waals surface area contributed by atoms with Gasteiger partial charge in [-0.2, -0.15) is 0 Å². The second-order valence-corrected chi connectivity index (χ2v) is 4.45. The summed E-state index contributed by atoms with van der Waals surface area (Å²) in [6.07, 6.45) is 0.507. The van der Waals surface area contributed by atoms with Gasteiger partial charge in [-0.25, -0.2) is 4.79 Å². The molecule has 5 heteroatoms. The van der Waals surface area contributed by atoms with E-state index in [1.54, 1.807) is 7.11 Å². The predicted octanol–water partition coefficient (Wildman–Crippen LogP) is 0.331. The maximum atomic E-state index is 11.9. The fourth-order valence-electron chi connectivity index (χ4n) is 2.07. The molecule has 0 aliphatic carbocycles. The van der Waals surface area contributed by atoms with Crippen LogP contribution in [0.5, 0.6) is 0 Å². The van der Waals surface area contributed by atoms with Gasteiger partial charge in [0.25, 0.3) is 0 Å². The molecule has 0 aromatic heterocycles. The molecule has 1 saturated heterocycles. The quantitative estimate of drug-likeness (QED) is 0.707. The Morgan fingerprint density at radius 2 is 2.19 bits per heavy atom. The SMILES string of the molecule is COC(=O)C1(NC(C)C)COCC(OC)C1. The van der Waals surface area contributed by atoms with Gasteiger partial charge in [0.05, 0.1) is 26.4 Å². The Labute approximate surface area is 96.4 Å². The normalized spacial score (nSPS) is 30.4. The molecule has 0 bridgehead atoms. The third-order valence-corrected chi connectivity index (χ3v) is 2.70. The average Bonchev–Trinajstić information content (AvgIpc) is 2.27. The third-order valence-electron chi connectivity index (χ3n) is 2.70. The molecular formula is C11H21NO4. The van der Waals surface area contributed by atoms with Crippen molar-refractivity contribution in [1.82, 2.24) is 5.32 Å². The minimum absolute atomic E-state index is 0.0703. The Balaban J connectivity index is 2.80. The van der Waals surface area contributed by atoms with E-state index in [-0.39, 0.29) is 18.1 Å². The lowest BCUT2D eigenvalue weighted by molar-refractivity contribution is -0.161. The molecule has 2 unspecified atom stereocenters. The molecule has 0 spiro atoms. The molecule has 0 radical (unpaired) electrons. The molecule has 0 amide bonds. The smallest absolute Gasteiger partial charge is 0.328 e. The molecule has 0 saturated carbocycles. The number of hydrogen-bond donors (Lipinski definition) is 1. The second kappa shape index (κ2) is 5.61. The van der Waals surface area contributed by atoms with Gasteiger partial charge in [-0.15, -0.1) is 0 Å². The minimum atomic E-state index is -0.776. The van der Waals surface area contributed by atoms with Crippen molar-refractivity contribution in [2.24, 2.45) is 0 Å². The van der Waals surface area contributed by atoms with E-state index in [4.69, 9.17) is 14.2 Å². The Kier molecular flexibility index (Phi) is 4.70. The number of nitrogens with one attached hydrogen (secondary N) is 1. The number of methoxy groups -OCH3 is 2. The standard InChI is InChI=1S/C11H21NO4/c1-8(2)12-11(10(13)15-4)5-9(14-3)6-16-7-11/h8-9,12H,5-7H2,1-4H3. The van der Waals surface area contributed by atoms with Crippen LogP contribution in [-0.4, -0.2) is 51.1 Å². The molecule has 1 rings (SSSR count). The van der Waals surface area contributed by atoms with Gasteiger partial charge in [0.1, 0.15) is 5.54 Å². The summed E-state index contributed by atoms with van der Waals surface area (Å²) >= 11 is 0. The zero-order valence-corrected chi connectivity index (χ0v) is 10.4. The van der Waals surface area contributed by atoms with Crippen LogP contribution in [0.25, 0.3) is 0 Å². The van der Waals surface area contributed by atoms with Crippen molar-refractivity contribution in [3.8, 4) is 0 Å². The molecule has 1 aliphatic heterocycles. The predicted molar refractivity (Wildman–Crippen MR) is 59.3 cm³/mol. The van der Waals surface area contributed by atoms with Crippen LogP contribution in [-0.2, 0) is 19.0 Å². The lowest BCUT2D eigenvalue weighted by atomic mass is 9.90. The largest absolute Gasteiger partial charge is 0.468 e. The van der Waals surface area contributed by atoms with E-state index >= 15 is 0 Å². The Morgan fingerprint density at radius 3 is 2.69 bits per heavy atom. The first kappa shape index (κ1) is 13.4. The minimum Gasteiger partial charge on any atom is -0.468 e. The van der Waals surface area contributed by atoms with Crippen molar-refractivity contribution in [3.05, 3.63) is 0 Å². The lowest BCUT2D eigenvalue weighted by Crippen LogP contribution is -2.62. The maximum Gasteiger partial charge on any atom is 0.328 e. The average molecular weight is 231 g/mol. The number of carbonyl (C=O) groups is 1. The summed E-state index contributed by atoms with van der Waals surface area (Å²) in [5, 5.41) is 3.23. The highest BCUT2D eigenvalue weighted by Crippen LogP contribution is 2.23. The summed E-state index contributed by atoms with van der Waals surface area (Å²) < 4.78 is 15.5. The van der Waals surface area contributed by atoms with E-state index < -0.39 is 5.54 Å². The summed E-state index contributed by atoms with van der Waals surface area (Å²) in [7, 11) is 3.01. The van der Waals surface area contributed by atoms with Crippen molar-refractivity contribution < 1.29 is 19.0 Å². The number of esters is 1. The fraction of sp³-hybridized carbons (Fsp3) is 0.909. The van der Waals surface area contributed by atoms with E-state index in [9.17, 15) is 4.79 Å². The molecule has 1 fully saturated rings. The number of carbonyl (C=O) groups excluding carboxylic acids is 1. The highest BCUT2D eigenvalue weighted by atomic mass is 16.5. The van der Waals surface area contributed by atoms with Gasteiger partial charge < -0.3 is 14.2 Å². The molecule has 2 atom stereocenters. The first-order valence-electron chi connectivity index (χ1n) is 5.50. The zero-order valence-electron chi connectivity index (χ0n) is 10.4. The molecule has 16 heavy (non-hydrogen) atoms. The van der Waals surface area contributed by atoms with Crippen LogP contribution in [0.4, 0.5) is 0 Å². The molecular weight excluding hydrogens is 210 g/mol. The molecule has 94 valence electrons. The van der Waals surface area contributed by atoms with Crippen LogP contribution in [0, 0.1) is 0 Å². The van der Waals surface area contributed by atoms with E-state index in [1.807, 2.05) is 13.8 Å². The second-order valence-electron chi connectivity index (χ2n) is 4.45. The zero-order chi connectivity index (χ0) is 12.2. The third kappa shape index (κ3) is 2.93. The molecule has 1 aliphatic rings. The summed E-state index contributed by atoms with van der Waals surface area (Å²) in [6.45, 7) is 4.83. The van der Waals surface area contributed by atoms with Gasteiger partial charge in [0.15, 0.2) is 0 Å². The monoisotopic (exact) mass is 231 g/mol. The Bertz CT molecular complexity index is 244. The van der Waals surface area contributed by atoms with Gasteiger partial charge in [-0.3, -0.25) is 5.32 Å². The Morgan fingerprint density at radius 1 is 1.50 bits per heavy atom. The van der Waals surface area contributed by atoms with E-state index in [0.717, 1.165) is 0 Å². The van der Waals surface area contributed by atoms with Gasteiger partial charge in [0.2, 0.25) is 0 Å². The van der Waals surface area contributed by atoms with Crippen LogP contribution >= 0.6 is 0 Å². The van der Waals surface area contributed by atoms with Crippen molar-refractivity contribution >= 4 is 5.97 Å². The van der Waals surface area contributed by atoms with Crippen molar-refractivity contribution in [1.29, 1.82) is 0 Å². The molecule has 5 nitrogen and oxygen atoms in total. The van der Waals surface area contributed by atoms with E-state index in [2.05, 4.69) is 5.32 Å². The number of ether oxygens (including phenoxy) is 3. The Hall–Kier alpha value is -0.650. The van der Waals surface area contributed by atoms with Gasteiger partial charge >= 0.3 is 5.97 Å². The highest BCUT2D eigenvalue weighted by molar-refractivity contribution is 5.81. The summed E-state index contributed by atoms with van der Waals surface area (Å²) in [5.41, 5.74) is -0.776. The number of rotatable bonds is 4. The first-order valence-corrected chi connectivity index (χ1v) is 5.50. The van der Waals surface area contributed by atoms with Gasteiger partial charge in [-0.05, 0) is 13.8 Å². The molecule has 1 heterocycles. The van der Waals surface area contributed by atoms with E-state index in [0.29, 0.717) is 19.6 Å². The van der Waals surface area contributed by atoms with Crippen LogP contribution in [0.15, 0.2) is 0 Å². The highest BCUT2D eigenvalue weighted by Gasteiger charge is 2.45. The van der Waals surface area contributed by atoms with E-state index in [1.165, 1.54) is 7.11 Å². The van der Waals surface area contributed by atoms with Gasteiger partial charge in [0, 0.05) is 19.6 Å². The number of hydrogen-bond acceptors (Lipinski definition) is 5. The topological polar surface area (TPSA) is 56.8 Å². The van der Waals surface area contributed by atoms with Crippen LogP contribution < -0.4 is 5.32 Å². The van der Waals surface area contributed by atoms with Crippen molar-refractivity contribution in [3.63, 3.8) is 0 Å². The first-order chi connectivity index (χ1) is 7.54. The van der Waals surface area contributed by atoms with Crippen LogP contribution in [0.3, 0.4) is 0 Å². The molecule has 0 aromatic rings. The fourth-order valence-corrected chi connectivity index (χ4v) is 2.07. The van der Waals surface area contributed by atoms with Crippen LogP contribution in [0.2, 0.25) is 0 Å². The van der Waals surface area contributed by atoms with Crippen molar-refractivity contribution in [2.45, 2.75) is 38.0 Å². The summed E-state index contributed by atoms with van der Waals surface area (Å²) in [5.74, 6) is -0.289. The molecule has 0 aromatic carbocycles. The summed E-state index contributed by atoms with van der Waals surface area (Å²) in [4.78, 5) is 11.9. The van der Waals surface area contributed by atoms with Crippen LogP contribution in [0.1, 0.15) is 20.3 Å².